The van der Waals surface area contributed by atoms with Crippen LogP contribution in [0, 0.1) is 10.1 Å². The van der Waals surface area contributed by atoms with Crippen LogP contribution in [0.3, 0.4) is 0 Å². The second-order valence-electron chi connectivity index (χ2n) is 5.24. The number of anilines is 1. The van der Waals surface area contributed by atoms with Gasteiger partial charge in [0, 0.05) is 29.7 Å². The summed E-state index contributed by atoms with van der Waals surface area (Å²) in [7, 11) is 0. The molecule has 0 aliphatic carbocycles. The molecular formula is C17H14N4O4. The maximum Gasteiger partial charge on any atom is 0.294 e. The third-order valence-corrected chi connectivity index (χ3v) is 3.58. The zero-order valence-corrected chi connectivity index (χ0v) is 13.0. The summed E-state index contributed by atoms with van der Waals surface area (Å²) in [6.07, 6.45) is 4.55. The molecule has 0 bridgehead atoms. The molecule has 25 heavy (non-hydrogen) atoms. The van der Waals surface area contributed by atoms with Crippen molar-refractivity contribution in [3.8, 4) is 5.69 Å². The first-order chi connectivity index (χ1) is 12.1. The SMILES string of the molecule is O=C(Nc1cccc(CO)c1)c1ccc(-n2ccnc2)c([N+](=O)[O-])c1. The molecule has 0 saturated carbocycles. The van der Waals surface area contributed by atoms with Crippen LogP contribution in [0.1, 0.15) is 15.9 Å². The number of carbonyl (C=O) groups is 1. The van der Waals surface area contributed by atoms with Crippen LogP contribution in [0.15, 0.2) is 61.2 Å². The molecule has 0 saturated heterocycles. The fourth-order valence-corrected chi connectivity index (χ4v) is 2.38. The summed E-state index contributed by atoms with van der Waals surface area (Å²) in [5, 5.41) is 23.1. The third-order valence-electron chi connectivity index (χ3n) is 3.58. The Kier molecular flexibility index (Phi) is 4.53. The second-order valence-corrected chi connectivity index (χ2v) is 5.24. The van der Waals surface area contributed by atoms with Gasteiger partial charge in [-0.05, 0) is 29.8 Å². The molecule has 2 aromatic carbocycles. The highest BCUT2D eigenvalue weighted by atomic mass is 16.6. The van der Waals surface area contributed by atoms with E-state index in [0.29, 0.717) is 16.9 Å². The lowest BCUT2D eigenvalue weighted by molar-refractivity contribution is -0.384. The summed E-state index contributed by atoms with van der Waals surface area (Å²) in [6, 6.07) is 11.0. The number of hydrogen-bond acceptors (Lipinski definition) is 5. The van der Waals surface area contributed by atoms with Crippen molar-refractivity contribution in [3.63, 3.8) is 0 Å². The standard InChI is InChI=1S/C17H14N4O4/c22-10-12-2-1-3-14(8-12)19-17(23)13-4-5-15(16(9-13)21(24)25)20-7-6-18-11-20/h1-9,11,22H,10H2,(H,19,23). The van der Waals surface area contributed by atoms with E-state index in [1.807, 2.05) is 0 Å². The third kappa shape index (κ3) is 3.54. The monoisotopic (exact) mass is 338 g/mol. The summed E-state index contributed by atoms with van der Waals surface area (Å²) in [5.41, 5.74) is 1.43. The Morgan fingerprint density at radius 1 is 1.28 bits per heavy atom. The molecular weight excluding hydrogens is 324 g/mol. The van der Waals surface area contributed by atoms with Gasteiger partial charge in [0.25, 0.3) is 11.6 Å². The van der Waals surface area contributed by atoms with Gasteiger partial charge in [-0.1, -0.05) is 12.1 Å². The fraction of sp³-hybridized carbons (Fsp3) is 0.0588. The number of rotatable bonds is 5. The average molecular weight is 338 g/mol. The smallest absolute Gasteiger partial charge is 0.294 e. The number of aliphatic hydroxyl groups is 1. The Labute approximate surface area is 142 Å². The maximum atomic E-state index is 12.4. The maximum absolute atomic E-state index is 12.4. The number of nitro groups is 1. The Hall–Kier alpha value is -3.52. The lowest BCUT2D eigenvalue weighted by Crippen LogP contribution is -2.13. The molecule has 0 fully saturated rings. The highest BCUT2D eigenvalue weighted by Crippen LogP contribution is 2.24. The Bertz CT molecular complexity index is 922. The van der Waals surface area contributed by atoms with Gasteiger partial charge >= 0.3 is 0 Å². The minimum Gasteiger partial charge on any atom is -0.392 e. The summed E-state index contributed by atoms with van der Waals surface area (Å²) >= 11 is 0. The van der Waals surface area contributed by atoms with Gasteiger partial charge < -0.3 is 15.0 Å². The molecule has 3 aromatic rings. The van der Waals surface area contributed by atoms with Gasteiger partial charge in [-0.2, -0.15) is 0 Å². The summed E-state index contributed by atoms with van der Waals surface area (Å²) in [6.45, 7) is -0.144. The zero-order chi connectivity index (χ0) is 17.8. The van der Waals surface area contributed by atoms with Gasteiger partial charge in [-0.3, -0.25) is 14.9 Å². The highest BCUT2D eigenvalue weighted by Gasteiger charge is 2.18. The van der Waals surface area contributed by atoms with Gasteiger partial charge in [-0.25, -0.2) is 4.98 Å². The van der Waals surface area contributed by atoms with Crippen LogP contribution >= 0.6 is 0 Å². The molecule has 0 spiro atoms. The van der Waals surface area contributed by atoms with Crippen LogP contribution in [0.25, 0.3) is 5.69 Å². The van der Waals surface area contributed by atoms with E-state index in [0.717, 1.165) is 0 Å². The zero-order valence-electron chi connectivity index (χ0n) is 13.0. The first-order valence-corrected chi connectivity index (χ1v) is 7.36. The van der Waals surface area contributed by atoms with Gasteiger partial charge in [0.2, 0.25) is 0 Å². The number of aliphatic hydroxyl groups excluding tert-OH is 1. The average Bonchev–Trinajstić information content (AvgIpc) is 3.15. The van der Waals surface area contributed by atoms with Crippen LogP contribution in [-0.2, 0) is 6.61 Å². The van der Waals surface area contributed by atoms with Crippen LogP contribution in [0.2, 0.25) is 0 Å². The lowest BCUT2D eigenvalue weighted by Gasteiger charge is -2.08. The number of carbonyl (C=O) groups excluding carboxylic acids is 1. The number of nitro benzene ring substituents is 1. The van der Waals surface area contributed by atoms with Gasteiger partial charge in [0.15, 0.2) is 0 Å². The quantitative estimate of drug-likeness (QED) is 0.548. The Morgan fingerprint density at radius 2 is 2.12 bits per heavy atom. The first kappa shape index (κ1) is 16.3. The highest BCUT2D eigenvalue weighted by molar-refractivity contribution is 6.05. The molecule has 0 aliphatic rings. The largest absolute Gasteiger partial charge is 0.392 e. The van der Waals surface area contributed by atoms with E-state index in [1.54, 1.807) is 30.5 Å². The number of aromatic nitrogens is 2. The normalized spacial score (nSPS) is 10.4. The number of nitrogens with one attached hydrogen (secondary N) is 1. The molecule has 0 radical (unpaired) electrons. The topological polar surface area (TPSA) is 110 Å². The first-order valence-electron chi connectivity index (χ1n) is 7.36. The minimum atomic E-state index is -0.543. The molecule has 1 heterocycles. The number of amides is 1. The molecule has 2 N–H and O–H groups in total. The van der Waals surface area contributed by atoms with Crippen LogP contribution in [-0.4, -0.2) is 25.5 Å². The minimum absolute atomic E-state index is 0.144. The van der Waals surface area contributed by atoms with Crippen molar-refractivity contribution in [2.24, 2.45) is 0 Å². The molecule has 126 valence electrons. The van der Waals surface area contributed by atoms with Crippen molar-refractivity contribution in [1.82, 2.24) is 9.55 Å². The van der Waals surface area contributed by atoms with E-state index in [9.17, 15) is 14.9 Å². The van der Waals surface area contributed by atoms with E-state index in [4.69, 9.17) is 5.11 Å². The van der Waals surface area contributed by atoms with Crippen LogP contribution < -0.4 is 5.32 Å². The van der Waals surface area contributed by atoms with E-state index >= 15 is 0 Å². The Balaban J connectivity index is 1.90. The van der Waals surface area contributed by atoms with E-state index in [2.05, 4.69) is 10.3 Å². The van der Waals surface area contributed by atoms with Crippen LogP contribution in [0.4, 0.5) is 11.4 Å². The van der Waals surface area contributed by atoms with E-state index in [1.165, 1.54) is 35.3 Å². The summed E-state index contributed by atoms with van der Waals surface area (Å²) in [4.78, 5) is 27.0. The van der Waals surface area contributed by atoms with Crippen LogP contribution in [0.5, 0.6) is 0 Å². The van der Waals surface area contributed by atoms with Crippen molar-refractivity contribution in [1.29, 1.82) is 0 Å². The summed E-state index contributed by atoms with van der Waals surface area (Å²) < 4.78 is 1.50. The van der Waals surface area contributed by atoms with Crippen molar-refractivity contribution < 1.29 is 14.8 Å². The molecule has 0 unspecified atom stereocenters. The van der Waals surface area contributed by atoms with E-state index < -0.39 is 10.8 Å². The van der Waals surface area contributed by atoms with Crippen molar-refractivity contribution >= 4 is 17.3 Å². The van der Waals surface area contributed by atoms with Gasteiger partial charge in [-0.15, -0.1) is 0 Å². The van der Waals surface area contributed by atoms with Crippen molar-refractivity contribution in [2.45, 2.75) is 6.61 Å². The molecule has 1 amide bonds. The molecule has 8 nitrogen and oxygen atoms in total. The number of benzene rings is 2. The lowest BCUT2D eigenvalue weighted by atomic mass is 10.1. The fourth-order valence-electron chi connectivity index (χ4n) is 2.38. The van der Waals surface area contributed by atoms with E-state index in [-0.39, 0.29) is 17.9 Å². The summed E-state index contributed by atoms with van der Waals surface area (Å²) in [5.74, 6) is -0.477. The predicted octanol–water partition coefficient (Wildman–Crippen LogP) is 2.53. The second kappa shape index (κ2) is 6.93. The number of hydrogen-bond donors (Lipinski definition) is 2. The number of imidazole rings is 1. The van der Waals surface area contributed by atoms with Gasteiger partial charge in [0.1, 0.15) is 5.69 Å². The van der Waals surface area contributed by atoms with Crippen molar-refractivity contribution in [3.05, 3.63) is 82.4 Å². The Morgan fingerprint density at radius 3 is 2.80 bits per heavy atom. The molecule has 0 aliphatic heterocycles. The predicted molar refractivity (Wildman–Crippen MR) is 90.5 cm³/mol. The molecule has 3 rings (SSSR count). The molecule has 1 aromatic heterocycles. The van der Waals surface area contributed by atoms with Gasteiger partial charge in [0.05, 0.1) is 17.9 Å². The molecule has 8 heteroatoms. The molecule has 0 atom stereocenters. The van der Waals surface area contributed by atoms with Crippen molar-refractivity contribution in [2.75, 3.05) is 5.32 Å². The number of nitrogens with zero attached hydrogens (tertiary/aromatic N) is 3.